The Balaban J connectivity index is 1.33. The fraction of sp³-hybridized carbons (Fsp3) is 0.696. The van der Waals surface area contributed by atoms with E-state index in [0.717, 1.165) is 50.2 Å². The molecule has 30 heavy (non-hydrogen) atoms. The van der Waals surface area contributed by atoms with Crippen LogP contribution in [0.1, 0.15) is 64.1 Å². The van der Waals surface area contributed by atoms with Crippen LogP contribution in [0.2, 0.25) is 0 Å². The smallest absolute Gasteiger partial charge is 0.326 e. The third-order valence-corrected chi connectivity index (χ3v) is 6.00. The lowest BCUT2D eigenvalue weighted by Gasteiger charge is -2.35. The molecule has 166 valence electrons. The van der Waals surface area contributed by atoms with Gasteiger partial charge in [0.05, 0.1) is 6.10 Å². The molecule has 0 aromatic carbocycles. The number of aryl methyl sites for hydroxylation is 2. The number of carboxylic acids is 1. The Hall–Kier alpha value is -2.15. The number of rotatable bonds is 9. The molecule has 1 aliphatic carbocycles. The van der Waals surface area contributed by atoms with Crippen LogP contribution < -0.4 is 10.6 Å². The summed E-state index contributed by atoms with van der Waals surface area (Å²) in [5, 5.41) is 15.3. The Morgan fingerprint density at radius 1 is 1.33 bits per heavy atom. The second kappa shape index (κ2) is 9.77. The van der Waals surface area contributed by atoms with Crippen molar-refractivity contribution in [2.24, 2.45) is 11.3 Å². The number of carboxylic acid groups (broad SMARTS) is 1. The van der Waals surface area contributed by atoms with Crippen molar-refractivity contribution in [1.82, 2.24) is 10.3 Å². The maximum absolute atomic E-state index is 12.0. The summed E-state index contributed by atoms with van der Waals surface area (Å²) < 4.78 is 5.84. The van der Waals surface area contributed by atoms with Gasteiger partial charge in [0, 0.05) is 30.7 Å². The molecule has 3 rings (SSSR count). The molecule has 2 aliphatic rings. The highest BCUT2D eigenvalue weighted by molar-refractivity contribution is 5.86. The number of fused-ring (bicyclic) bond motifs is 1. The average Bonchev–Trinajstić information content (AvgIpc) is 2.66. The van der Waals surface area contributed by atoms with E-state index in [1.165, 1.54) is 12.0 Å². The van der Waals surface area contributed by atoms with Crippen molar-refractivity contribution in [3.05, 3.63) is 23.4 Å². The zero-order valence-corrected chi connectivity index (χ0v) is 18.4. The van der Waals surface area contributed by atoms with Gasteiger partial charge in [-0.3, -0.25) is 4.79 Å². The predicted octanol–water partition coefficient (Wildman–Crippen LogP) is 3.17. The number of carbonyl (C=O) groups is 2. The van der Waals surface area contributed by atoms with Gasteiger partial charge in [-0.2, -0.15) is 0 Å². The van der Waals surface area contributed by atoms with Gasteiger partial charge >= 0.3 is 5.97 Å². The molecular formula is C23H35N3O4. The summed E-state index contributed by atoms with van der Waals surface area (Å²) in [6.07, 6.45) is 6.86. The topological polar surface area (TPSA) is 101 Å². The zero-order chi connectivity index (χ0) is 21.7. The van der Waals surface area contributed by atoms with E-state index in [1.807, 2.05) is 0 Å². The van der Waals surface area contributed by atoms with Crippen LogP contribution in [0.15, 0.2) is 12.1 Å². The number of pyridine rings is 1. The maximum Gasteiger partial charge on any atom is 0.326 e. The van der Waals surface area contributed by atoms with Crippen molar-refractivity contribution >= 4 is 17.7 Å². The first-order valence-corrected chi connectivity index (χ1v) is 11.1. The number of amides is 1. The van der Waals surface area contributed by atoms with Gasteiger partial charge in [-0.15, -0.1) is 0 Å². The summed E-state index contributed by atoms with van der Waals surface area (Å²) in [6.45, 7) is 6.65. The Morgan fingerprint density at radius 3 is 2.80 bits per heavy atom. The summed E-state index contributed by atoms with van der Waals surface area (Å²) in [7, 11) is 0. The van der Waals surface area contributed by atoms with Crippen LogP contribution in [-0.4, -0.2) is 47.3 Å². The highest BCUT2D eigenvalue weighted by atomic mass is 16.5. The standard InChI is InChI=1S/C23H35N3O4/c1-23(2,3)22(29)26-19(21(27)28)10-12-30-18-13-15(14-18)6-8-17-9-7-16-5-4-11-24-20(16)25-17/h7,9,15,18-19H,4-6,8,10-14H2,1-3H3,(H,24,25)(H,26,29)(H,27,28)/t15?,18?,19-/m0/s1. The van der Waals surface area contributed by atoms with Crippen molar-refractivity contribution in [2.45, 2.75) is 77.9 Å². The number of carbonyl (C=O) groups excluding carboxylic acids is 1. The van der Waals surface area contributed by atoms with Gasteiger partial charge in [0.2, 0.25) is 5.91 Å². The second-order valence-corrected chi connectivity index (χ2v) is 9.61. The fourth-order valence-electron chi connectivity index (χ4n) is 3.89. The number of hydrogen-bond donors (Lipinski definition) is 3. The molecule has 7 nitrogen and oxygen atoms in total. The maximum atomic E-state index is 12.0. The van der Waals surface area contributed by atoms with Crippen molar-refractivity contribution in [2.75, 3.05) is 18.5 Å². The van der Waals surface area contributed by atoms with Crippen molar-refractivity contribution in [3.8, 4) is 0 Å². The largest absolute Gasteiger partial charge is 0.480 e. The molecule has 3 N–H and O–H groups in total. The lowest BCUT2D eigenvalue weighted by Crippen LogP contribution is -2.46. The Bertz CT molecular complexity index is 753. The third kappa shape index (κ3) is 6.17. The first-order chi connectivity index (χ1) is 14.2. The van der Waals surface area contributed by atoms with E-state index in [9.17, 15) is 14.7 Å². The van der Waals surface area contributed by atoms with E-state index in [-0.39, 0.29) is 18.4 Å². The van der Waals surface area contributed by atoms with E-state index >= 15 is 0 Å². The van der Waals surface area contributed by atoms with Crippen molar-refractivity contribution in [3.63, 3.8) is 0 Å². The van der Waals surface area contributed by atoms with Crippen LogP contribution >= 0.6 is 0 Å². The molecule has 0 bridgehead atoms. The van der Waals surface area contributed by atoms with E-state index in [4.69, 9.17) is 9.72 Å². The van der Waals surface area contributed by atoms with Crippen molar-refractivity contribution in [1.29, 1.82) is 0 Å². The van der Waals surface area contributed by atoms with Gasteiger partial charge < -0.3 is 20.5 Å². The Morgan fingerprint density at radius 2 is 2.10 bits per heavy atom. The summed E-state index contributed by atoms with van der Waals surface area (Å²) in [6, 6.07) is 3.45. The van der Waals surface area contributed by atoms with Crippen molar-refractivity contribution < 1.29 is 19.4 Å². The number of nitrogens with one attached hydrogen (secondary N) is 2. The van der Waals surface area contributed by atoms with Crippen LogP contribution in [0.4, 0.5) is 5.82 Å². The first-order valence-electron chi connectivity index (χ1n) is 11.1. The van der Waals surface area contributed by atoms with Crippen LogP contribution in [0.25, 0.3) is 0 Å². The number of aromatic nitrogens is 1. The molecule has 1 fully saturated rings. The lowest BCUT2D eigenvalue weighted by molar-refractivity contribution is -0.144. The Labute approximate surface area is 179 Å². The van der Waals surface area contributed by atoms with Gasteiger partial charge in [-0.25, -0.2) is 9.78 Å². The fourth-order valence-corrected chi connectivity index (χ4v) is 3.89. The molecule has 1 aromatic rings. The minimum Gasteiger partial charge on any atom is -0.480 e. The molecule has 1 saturated carbocycles. The molecule has 7 heteroatoms. The number of ether oxygens (including phenoxy) is 1. The molecule has 1 amide bonds. The monoisotopic (exact) mass is 417 g/mol. The van der Waals surface area contributed by atoms with Gasteiger partial charge in [-0.1, -0.05) is 26.8 Å². The normalized spacial score (nSPS) is 21.7. The zero-order valence-electron chi connectivity index (χ0n) is 18.4. The SMILES string of the molecule is CC(C)(C)C(=O)N[C@@H](CCOC1CC(CCc2ccc3c(n2)NCCC3)C1)C(=O)O. The molecule has 0 saturated heterocycles. The highest BCUT2D eigenvalue weighted by Gasteiger charge is 2.31. The van der Waals surface area contributed by atoms with E-state index in [0.29, 0.717) is 12.5 Å². The van der Waals surface area contributed by atoms with Crippen LogP contribution in [-0.2, 0) is 27.2 Å². The van der Waals surface area contributed by atoms with Crippen LogP contribution in [0.3, 0.4) is 0 Å². The third-order valence-electron chi connectivity index (χ3n) is 6.00. The minimum atomic E-state index is -1.02. The minimum absolute atomic E-state index is 0.195. The molecular weight excluding hydrogens is 382 g/mol. The van der Waals surface area contributed by atoms with Gasteiger partial charge in [0.15, 0.2) is 0 Å². The van der Waals surface area contributed by atoms with E-state index in [1.54, 1.807) is 20.8 Å². The average molecular weight is 418 g/mol. The number of hydrogen-bond acceptors (Lipinski definition) is 5. The molecule has 0 radical (unpaired) electrons. The van der Waals surface area contributed by atoms with Gasteiger partial charge in [0.25, 0.3) is 0 Å². The van der Waals surface area contributed by atoms with Gasteiger partial charge in [-0.05, 0) is 56.1 Å². The quantitative estimate of drug-likeness (QED) is 0.571. The Kier molecular flexibility index (Phi) is 7.34. The molecule has 2 heterocycles. The van der Waals surface area contributed by atoms with Gasteiger partial charge in [0.1, 0.15) is 11.9 Å². The first kappa shape index (κ1) is 22.5. The molecule has 1 aromatic heterocycles. The second-order valence-electron chi connectivity index (χ2n) is 9.61. The summed E-state index contributed by atoms with van der Waals surface area (Å²) in [4.78, 5) is 28.2. The number of aliphatic carboxylic acids is 1. The summed E-state index contributed by atoms with van der Waals surface area (Å²) in [5.41, 5.74) is 1.85. The van der Waals surface area contributed by atoms with E-state index in [2.05, 4.69) is 22.8 Å². The van der Waals surface area contributed by atoms with Crippen LogP contribution in [0.5, 0.6) is 0 Å². The van der Waals surface area contributed by atoms with Crippen LogP contribution in [0, 0.1) is 11.3 Å². The lowest BCUT2D eigenvalue weighted by atomic mass is 9.79. The highest BCUT2D eigenvalue weighted by Crippen LogP contribution is 2.34. The predicted molar refractivity (Wildman–Crippen MR) is 115 cm³/mol. The molecule has 0 spiro atoms. The molecule has 1 aliphatic heterocycles. The van der Waals surface area contributed by atoms with E-state index < -0.39 is 17.4 Å². The molecule has 1 atom stereocenters. The molecule has 0 unspecified atom stereocenters. The number of anilines is 1. The summed E-state index contributed by atoms with van der Waals surface area (Å²) >= 11 is 0. The summed E-state index contributed by atoms with van der Waals surface area (Å²) in [5.74, 6) is 0.413. The number of nitrogens with zero attached hydrogens (tertiary/aromatic N) is 1.